The molecule has 1 aromatic heterocycles. The number of nitrogens with zero attached hydrogens (tertiary/aromatic N) is 2. The van der Waals surface area contributed by atoms with Crippen LogP contribution in [0.3, 0.4) is 0 Å². The molecule has 0 saturated heterocycles. The van der Waals surface area contributed by atoms with Crippen molar-refractivity contribution in [1.82, 2.24) is 4.98 Å². The number of nitro groups is 1. The number of hydrogen-bond donors (Lipinski definition) is 2. The minimum absolute atomic E-state index is 0.0847. The highest BCUT2D eigenvalue weighted by Crippen LogP contribution is 2.31. The molecule has 2 aromatic rings. The third-order valence-electron chi connectivity index (χ3n) is 2.77. The number of methoxy groups -OCH3 is 1. The van der Waals surface area contributed by atoms with E-state index < -0.39 is 4.92 Å². The molecule has 8 nitrogen and oxygen atoms in total. The predicted molar refractivity (Wildman–Crippen MR) is 76.0 cm³/mol. The molecule has 0 saturated carbocycles. The molecule has 0 radical (unpaired) electrons. The maximum atomic E-state index is 11.0. The average molecular weight is 290 g/mol. The Kier molecular flexibility index (Phi) is 4.52. The standard InChI is InChI=1S/C13H14N4O4/c1-20-10-4-5-11(17(18)19)12(7-10)21-8-9-3-2-6-15-13(9)16-14/h2-7H,8,14H2,1H3,(H,15,16). The van der Waals surface area contributed by atoms with Gasteiger partial charge in [0.15, 0.2) is 0 Å². The number of aromatic nitrogens is 1. The molecule has 0 aliphatic rings. The molecule has 0 atom stereocenters. The van der Waals surface area contributed by atoms with Crippen LogP contribution < -0.4 is 20.7 Å². The van der Waals surface area contributed by atoms with Crippen LogP contribution in [0.4, 0.5) is 11.5 Å². The zero-order valence-corrected chi connectivity index (χ0v) is 11.3. The van der Waals surface area contributed by atoms with Crippen LogP contribution in [0, 0.1) is 10.1 Å². The smallest absolute Gasteiger partial charge is 0.311 e. The summed E-state index contributed by atoms with van der Waals surface area (Å²) in [4.78, 5) is 14.5. The highest BCUT2D eigenvalue weighted by atomic mass is 16.6. The van der Waals surface area contributed by atoms with Gasteiger partial charge in [0.1, 0.15) is 18.2 Å². The lowest BCUT2D eigenvalue weighted by atomic mass is 10.2. The SMILES string of the molecule is COc1ccc([N+](=O)[O-])c(OCc2cccnc2NN)c1. The summed E-state index contributed by atoms with van der Waals surface area (Å²) < 4.78 is 10.6. The molecule has 1 aromatic carbocycles. The van der Waals surface area contributed by atoms with Crippen molar-refractivity contribution in [2.24, 2.45) is 5.84 Å². The Morgan fingerprint density at radius 2 is 2.24 bits per heavy atom. The normalized spacial score (nSPS) is 10.0. The second-order valence-corrected chi connectivity index (χ2v) is 4.03. The number of ether oxygens (including phenoxy) is 2. The fourth-order valence-corrected chi connectivity index (χ4v) is 1.73. The fraction of sp³-hybridized carbons (Fsp3) is 0.154. The zero-order valence-electron chi connectivity index (χ0n) is 11.3. The molecule has 0 unspecified atom stereocenters. The Labute approximate surface area is 120 Å². The number of nitrogens with one attached hydrogen (secondary N) is 1. The molecule has 0 amide bonds. The Balaban J connectivity index is 2.24. The van der Waals surface area contributed by atoms with Crippen molar-refractivity contribution in [2.45, 2.75) is 6.61 Å². The van der Waals surface area contributed by atoms with Crippen molar-refractivity contribution < 1.29 is 14.4 Å². The molecule has 8 heteroatoms. The predicted octanol–water partition coefficient (Wildman–Crippen LogP) is 1.86. The second kappa shape index (κ2) is 6.53. The maximum absolute atomic E-state index is 11.0. The Hall–Kier alpha value is -2.87. The van der Waals surface area contributed by atoms with Crippen molar-refractivity contribution in [1.29, 1.82) is 0 Å². The number of hydrazine groups is 1. The lowest BCUT2D eigenvalue weighted by Crippen LogP contribution is -2.12. The first-order valence-electron chi connectivity index (χ1n) is 6.01. The van der Waals surface area contributed by atoms with Crippen molar-refractivity contribution in [3.05, 3.63) is 52.2 Å². The molecule has 3 N–H and O–H groups in total. The van der Waals surface area contributed by atoms with Crippen LogP contribution in [0.25, 0.3) is 0 Å². The lowest BCUT2D eigenvalue weighted by molar-refractivity contribution is -0.386. The molecule has 0 spiro atoms. The fourth-order valence-electron chi connectivity index (χ4n) is 1.73. The number of nitrogen functional groups attached to an aromatic ring is 1. The van der Waals surface area contributed by atoms with Gasteiger partial charge in [0, 0.05) is 23.9 Å². The number of nitro benzene ring substituents is 1. The van der Waals surface area contributed by atoms with Gasteiger partial charge in [-0.05, 0) is 12.1 Å². The Morgan fingerprint density at radius 1 is 1.43 bits per heavy atom. The summed E-state index contributed by atoms with van der Waals surface area (Å²) in [5, 5.41) is 11.0. The van der Waals surface area contributed by atoms with Gasteiger partial charge in [-0.25, -0.2) is 10.8 Å². The molecule has 0 aliphatic carbocycles. The summed E-state index contributed by atoms with van der Waals surface area (Å²) in [6.45, 7) is 0.0847. The molecule has 110 valence electrons. The number of hydrogen-bond acceptors (Lipinski definition) is 7. The summed E-state index contributed by atoms with van der Waals surface area (Å²) in [6, 6.07) is 7.78. The summed E-state index contributed by atoms with van der Waals surface area (Å²) in [5.41, 5.74) is 2.98. The molecule has 0 aliphatic heterocycles. The first-order valence-corrected chi connectivity index (χ1v) is 6.01. The highest BCUT2D eigenvalue weighted by Gasteiger charge is 2.16. The average Bonchev–Trinajstić information content (AvgIpc) is 2.52. The summed E-state index contributed by atoms with van der Waals surface area (Å²) in [6.07, 6.45) is 1.58. The molecule has 0 bridgehead atoms. The van der Waals surface area contributed by atoms with Crippen LogP contribution in [0.15, 0.2) is 36.5 Å². The van der Waals surface area contributed by atoms with Gasteiger partial charge in [-0.15, -0.1) is 0 Å². The zero-order chi connectivity index (χ0) is 15.2. The van der Waals surface area contributed by atoms with Gasteiger partial charge in [-0.3, -0.25) is 10.1 Å². The highest BCUT2D eigenvalue weighted by molar-refractivity contribution is 5.51. The van der Waals surface area contributed by atoms with Gasteiger partial charge in [-0.1, -0.05) is 6.07 Å². The van der Waals surface area contributed by atoms with Crippen molar-refractivity contribution in [2.75, 3.05) is 12.5 Å². The van der Waals surface area contributed by atoms with Gasteiger partial charge in [0.05, 0.1) is 12.0 Å². The first-order chi connectivity index (χ1) is 10.2. The van der Waals surface area contributed by atoms with E-state index in [0.29, 0.717) is 17.1 Å². The maximum Gasteiger partial charge on any atom is 0.311 e. The largest absolute Gasteiger partial charge is 0.497 e. The number of benzene rings is 1. The van der Waals surface area contributed by atoms with Gasteiger partial charge in [0.2, 0.25) is 5.75 Å². The van der Waals surface area contributed by atoms with Crippen molar-refractivity contribution in [3.8, 4) is 11.5 Å². The van der Waals surface area contributed by atoms with E-state index in [1.54, 1.807) is 18.3 Å². The van der Waals surface area contributed by atoms with Crippen LogP contribution in [0.1, 0.15) is 5.56 Å². The molecule has 1 heterocycles. The van der Waals surface area contributed by atoms with E-state index in [0.717, 1.165) is 0 Å². The van der Waals surface area contributed by atoms with Gasteiger partial charge in [-0.2, -0.15) is 0 Å². The van der Waals surface area contributed by atoms with E-state index in [2.05, 4.69) is 10.4 Å². The number of pyridine rings is 1. The van der Waals surface area contributed by atoms with Gasteiger partial charge >= 0.3 is 5.69 Å². The van der Waals surface area contributed by atoms with E-state index in [4.69, 9.17) is 15.3 Å². The Morgan fingerprint density at radius 3 is 2.90 bits per heavy atom. The first kappa shape index (κ1) is 14.5. The molecular formula is C13H14N4O4. The van der Waals surface area contributed by atoms with Crippen LogP contribution in [0.5, 0.6) is 11.5 Å². The van der Waals surface area contributed by atoms with Crippen molar-refractivity contribution >= 4 is 11.5 Å². The quantitative estimate of drug-likeness (QED) is 0.474. The van der Waals surface area contributed by atoms with Crippen molar-refractivity contribution in [3.63, 3.8) is 0 Å². The van der Waals surface area contributed by atoms with E-state index in [-0.39, 0.29) is 18.0 Å². The summed E-state index contributed by atoms with van der Waals surface area (Å²) in [5.74, 6) is 6.38. The van der Waals surface area contributed by atoms with E-state index >= 15 is 0 Å². The monoisotopic (exact) mass is 290 g/mol. The van der Waals surface area contributed by atoms with E-state index in [9.17, 15) is 10.1 Å². The van der Waals surface area contributed by atoms with Gasteiger partial charge < -0.3 is 14.9 Å². The summed E-state index contributed by atoms with van der Waals surface area (Å²) in [7, 11) is 1.47. The minimum atomic E-state index is -0.514. The van der Waals surface area contributed by atoms with Crippen LogP contribution in [-0.2, 0) is 6.61 Å². The third kappa shape index (κ3) is 3.37. The third-order valence-corrected chi connectivity index (χ3v) is 2.77. The minimum Gasteiger partial charge on any atom is -0.497 e. The van der Waals surface area contributed by atoms with Crippen LogP contribution >= 0.6 is 0 Å². The second-order valence-electron chi connectivity index (χ2n) is 4.03. The lowest BCUT2D eigenvalue weighted by Gasteiger charge is -2.10. The van der Waals surface area contributed by atoms with Crippen LogP contribution in [0.2, 0.25) is 0 Å². The van der Waals surface area contributed by atoms with E-state index in [1.165, 1.54) is 25.3 Å². The number of rotatable bonds is 6. The number of nitrogens with two attached hydrogens (primary N) is 1. The number of anilines is 1. The summed E-state index contributed by atoms with van der Waals surface area (Å²) >= 11 is 0. The molecule has 2 rings (SSSR count). The molecular weight excluding hydrogens is 276 g/mol. The van der Waals surface area contributed by atoms with Gasteiger partial charge in [0.25, 0.3) is 0 Å². The Bertz CT molecular complexity index is 648. The van der Waals surface area contributed by atoms with E-state index in [1.807, 2.05) is 0 Å². The molecule has 0 fully saturated rings. The molecule has 21 heavy (non-hydrogen) atoms. The topological polar surface area (TPSA) is 113 Å². The van der Waals surface area contributed by atoms with Crippen LogP contribution in [-0.4, -0.2) is 17.0 Å².